The molecule has 0 spiro atoms. The van der Waals surface area contributed by atoms with Crippen molar-refractivity contribution in [3.63, 3.8) is 0 Å². The zero-order valence-corrected chi connectivity index (χ0v) is 11.4. The highest BCUT2D eigenvalue weighted by atomic mass is 16.3. The average molecular weight is 239 g/mol. The Labute approximate surface area is 106 Å². The van der Waals surface area contributed by atoms with Gasteiger partial charge in [0.05, 0.1) is 5.60 Å². The van der Waals surface area contributed by atoms with Crippen LogP contribution >= 0.6 is 0 Å². The van der Waals surface area contributed by atoms with Crippen LogP contribution in [0.25, 0.3) is 0 Å². The molecule has 0 heterocycles. The Hall–Kier alpha value is -0.0800. The maximum Gasteiger partial charge on any atom is 0.0743 e. The molecule has 3 N–H and O–H groups in total. The van der Waals surface area contributed by atoms with E-state index < -0.39 is 5.60 Å². The average Bonchev–Trinajstić information content (AvgIpc) is 2.59. The Morgan fingerprint density at radius 2 is 1.71 bits per heavy atom. The molecule has 100 valence electrons. The van der Waals surface area contributed by atoms with Crippen molar-refractivity contribution in [3.05, 3.63) is 0 Å². The minimum Gasteiger partial charge on any atom is -0.389 e. The lowest BCUT2D eigenvalue weighted by atomic mass is 9.62. The summed E-state index contributed by atoms with van der Waals surface area (Å²) in [6.07, 6.45) is 12.0. The summed E-state index contributed by atoms with van der Waals surface area (Å²) in [6.45, 7) is 2.90. The van der Waals surface area contributed by atoms with Gasteiger partial charge in [-0.15, -0.1) is 0 Å². The fourth-order valence-electron chi connectivity index (χ4n) is 4.52. The normalized spacial score (nSPS) is 37.9. The zero-order chi connectivity index (χ0) is 12.4. The summed E-state index contributed by atoms with van der Waals surface area (Å²) < 4.78 is 0. The Bertz CT molecular complexity index is 245. The standard InChI is InChI=1S/C15H29NO/c1-2-13-8-7-11-15(13,17)14(12-16)9-5-3-4-6-10-14/h13,17H,2-12,16H2,1H3. The lowest BCUT2D eigenvalue weighted by molar-refractivity contribution is -0.117. The van der Waals surface area contributed by atoms with Gasteiger partial charge in [0.15, 0.2) is 0 Å². The second-order valence-corrected chi connectivity index (χ2v) is 6.32. The highest BCUT2D eigenvalue weighted by Gasteiger charge is 2.54. The largest absolute Gasteiger partial charge is 0.389 e. The van der Waals surface area contributed by atoms with Crippen LogP contribution in [0.1, 0.15) is 71.1 Å². The van der Waals surface area contributed by atoms with Crippen LogP contribution in [0, 0.1) is 11.3 Å². The van der Waals surface area contributed by atoms with E-state index in [0.717, 1.165) is 25.7 Å². The molecule has 2 aliphatic rings. The van der Waals surface area contributed by atoms with Gasteiger partial charge in [-0.3, -0.25) is 0 Å². The zero-order valence-electron chi connectivity index (χ0n) is 11.4. The van der Waals surface area contributed by atoms with Gasteiger partial charge in [-0.1, -0.05) is 45.4 Å². The first kappa shape index (κ1) is 13.4. The molecule has 2 aliphatic carbocycles. The van der Waals surface area contributed by atoms with Gasteiger partial charge in [0.2, 0.25) is 0 Å². The van der Waals surface area contributed by atoms with Crippen molar-refractivity contribution < 1.29 is 5.11 Å². The maximum absolute atomic E-state index is 11.3. The molecule has 17 heavy (non-hydrogen) atoms. The molecule has 2 saturated carbocycles. The Kier molecular flexibility index (Phi) is 4.14. The third-order valence-corrected chi connectivity index (χ3v) is 5.65. The number of nitrogens with two attached hydrogens (primary N) is 1. The molecule has 0 radical (unpaired) electrons. The summed E-state index contributed by atoms with van der Waals surface area (Å²) in [4.78, 5) is 0. The van der Waals surface area contributed by atoms with E-state index >= 15 is 0 Å². The van der Waals surface area contributed by atoms with Gasteiger partial charge < -0.3 is 10.8 Å². The first-order chi connectivity index (χ1) is 8.18. The summed E-state index contributed by atoms with van der Waals surface area (Å²) in [5.41, 5.74) is 5.70. The predicted octanol–water partition coefficient (Wildman–Crippen LogP) is 3.23. The third kappa shape index (κ3) is 2.15. The fraction of sp³-hybridized carbons (Fsp3) is 1.00. The Morgan fingerprint density at radius 3 is 2.24 bits per heavy atom. The molecule has 0 saturated heterocycles. The smallest absolute Gasteiger partial charge is 0.0743 e. The van der Waals surface area contributed by atoms with Crippen LogP contribution in [0.3, 0.4) is 0 Å². The van der Waals surface area contributed by atoms with Gasteiger partial charge in [-0.05, 0) is 31.6 Å². The molecule has 0 aromatic rings. The molecular formula is C15H29NO. The van der Waals surface area contributed by atoms with E-state index in [1.165, 1.54) is 38.5 Å². The summed E-state index contributed by atoms with van der Waals surface area (Å²) in [7, 11) is 0. The van der Waals surface area contributed by atoms with Crippen LogP contribution in [0.5, 0.6) is 0 Å². The van der Waals surface area contributed by atoms with E-state index in [2.05, 4.69) is 6.92 Å². The first-order valence-electron chi connectivity index (χ1n) is 7.61. The van der Waals surface area contributed by atoms with Gasteiger partial charge in [0.1, 0.15) is 0 Å². The molecule has 2 heteroatoms. The minimum atomic E-state index is -0.457. The highest BCUT2D eigenvalue weighted by Crippen LogP contribution is 2.54. The van der Waals surface area contributed by atoms with E-state index in [-0.39, 0.29) is 5.41 Å². The first-order valence-corrected chi connectivity index (χ1v) is 7.61. The molecule has 2 unspecified atom stereocenters. The highest BCUT2D eigenvalue weighted by molar-refractivity contribution is 5.06. The molecule has 0 aliphatic heterocycles. The number of hydrogen-bond donors (Lipinski definition) is 2. The van der Waals surface area contributed by atoms with Crippen LogP contribution in [-0.4, -0.2) is 17.3 Å². The van der Waals surface area contributed by atoms with E-state index in [4.69, 9.17) is 5.73 Å². The van der Waals surface area contributed by atoms with Crippen molar-refractivity contribution in [1.29, 1.82) is 0 Å². The van der Waals surface area contributed by atoms with Crippen molar-refractivity contribution >= 4 is 0 Å². The topological polar surface area (TPSA) is 46.2 Å². The lowest BCUT2D eigenvalue weighted by Crippen LogP contribution is -2.54. The number of hydrogen-bond acceptors (Lipinski definition) is 2. The molecule has 2 nitrogen and oxygen atoms in total. The molecule has 2 atom stereocenters. The van der Waals surface area contributed by atoms with E-state index in [9.17, 15) is 5.11 Å². The minimum absolute atomic E-state index is 0.0284. The maximum atomic E-state index is 11.3. The van der Waals surface area contributed by atoms with Crippen molar-refractivity contribution in [3.8, 4) is 0 Å². The SMILES string of the molecule is CCC1CCCC1(O)C1(CN)CCCCCC1. The molecular weight excluding hydrogens is 210 g/mol. The Morgan fingerprint density at radius 1 is 1.06 bits per heavy atom. The van der Waals surface area contributed by atoms with Crippen molar-refractivity contribution in [1.82, 2.24) is 0 Å². The fourth-order valence-corrected chi connectivity index (χ4v) is 4.52. The number of rotatable bonds is 3. The van der Waals surface area contributed by atoms with E-state index in [1.54, 1.807) is 0 Å². The van der Waals surface area contributed by atoms with Gasteiger partial charge in [0.25, 0.3) is 0 Å². The van der Waals surface area contributed by atoms with Crippen molar-refractivity contribution in [2.75, 3.05) is 6.54 Å². The summed E-state index contributed by atoms with van der Waals surface area (Å²) in [5, 5.41) is 11.3. The van der Waals surface area contributed by atoms with Gasteiger partial charge in [0, 0.05) is 12.0 Å². The summed E-state index contributed by atoms with van der Waals surface area (Å²) >= 11 is 0. The monoisotopic (exact) mass is 239 g/mol. The molecule has 0 amide bonds. The second kappa shape index (κ2) is 5.27. The summed E-state index contributed by atoms with van der Waals surface area (Å²) in [6, 6.07) is 0. The molecule has 0 bridgehead atoms. The molecule has 2 fully saturated rings. The van der Waals surface area contributed by atoms with Gasteiger partial charge >= 0.3 is 0 Å². The van der Waals surface area contributed by atoms with E-state index in [0.29, 0.717) is 12.5 Å². The Balaban J connectivity index is 2.25. The summed E-state index contributed by atoms with van der Waals surface area (Å²) in [5.74, 6) is 0.490. The second-order valence-electron chi connectivity index (χ2n) is 6.32. The van der Waals surface area contributed by atoms with Gasteiger partial charge in [-0.2, -0.15) is 0 Å². The van der Waals surface area contributed by atoms with Gasteiger partial charge in [-0.25, -0.2) is 0 Å². The number of aliphatic hydroxyl groups is 1. The van der Waals surface area contributed by atoms with Crippen LogP contribution in [-0.2, 0) is 0 Å². The van der Waals surface area contributed by atoms with Crippen LogP contribution in [0.2, 0.25) is 0 Å². The quantitative estimate of drug-likeness (QED) is 0.743. The lowest BCUT2D eigenvalue weighted by Gasteiger charge is -2.48. The van der Waals surface area contributed by atoms with Crippen LogP contribution < -0.4 is 5.73 Å². The molecule has 0 aromatic heterocycles. The van der Waals surface area contributed by atoms with Crippen molar-refractivity contribution in [2.45, 2.75) is 76.7 Å². The van der Waals surface area contributed by atoms with E-state index in [1.807, 2.05) is 0 Å². The van der Waals surface area contributed by atoms with Crippen LogP contribution in [0.15, 0.2) is 0 Å². The third-order valence-electron chi connectivity index (χ3n) is 5.65. The predicted molar refractivity (Wildman–Crippen MR) is 71.8 cm³/mol. The molecule has 0 aromatic carbocycles. The van der Waals surface area contributed by atoms with Crippen LogP contribution in [0.4, 0.5) is 0 Å². The molecule has 2 rings (SSSR count). The van der Waals surface area contributed by atoms with Crippen molar-refractivity contribution in [2.24, 2.45) is 17.1 Å².